The topological polar surface area (TPSA) is 290 Å². The van der Waals surface area contributed by atoms with Gasteiger partial charge in [-0.1, -0.05) is 176 Å². The van der Waals surface area contributed by atoms with Crippen molar-refractivity contribution in [3.8, 4) is 0 Å². The first-order valence-electron chi connectivity index (χ1n) is 41.6. The number of methoxy groups -OCH3 is 3. The molecular formula is C90H156O19S2. The van der Waals surface area contributed by atoms with E-state index >= 15 is 0 Å². The molecule has 2 aliphatic heterocycles. The summed E-state index contributed by atoms with van der Waals surface area (Å²) >= 11 is 6.32. The van der Waals surface area contributed by atoms with Gasteiger partial charge in [-0.25, -0.2) is 4.79 Å². The summed E-state index contributed by atoms with van der Waals surface area (Å²) in [6.45, 7) is 13.2. The predicted octanol–water partition coefficient (Wildman–Crippen LogP) is 20.4. The molecule has 3 saturated carbocycles. The van der Waals surface area contributed by atoms with Crippen LogP contribution < -0.4 is 0 Å². The van der Waals surface area contributed by atoms with Gasteiger partial charge in [0, 0.05) is 106 Å². The Balaban J connectivity index is 0. The number of unbranched alkanes of at least 4 members (excludes halogenated alkanes) is 13. The van der Waals surface area contributed by atoms with E-state index in [0.29, 0.717) is 119 Å². The maximum atomic E-state index is 12.4. The van der Waals surface area contributed by atoms with Crippen molar-refractivity contribution in [1.82, 2.24) is 0 Å². The summed E-state index contributed by atoms with van der Waals surface area (Å²) in [6.07, 6.45) is 56.3. The lowest BCUT2D eigenvalue weighted by Crippen LogP contribution is -2.36. The van der Waals surface area contributed by atoms with Crippen LogP contribution in [0.4, 0.5) is 0 Å². The maximum Gasteiger partial charge on any atom is 0.339 e. The third-order valence-corrected chi connectivity index (χ3v) is 24.2. The fourth-order valence-electron chi connectivity index (χ4n) is 15.5. The Morgan fingerprint density at radius 3 is 1.46 bits per heavy atom. The number of fused-ring (bicyclic) bond motifs is 1. The molecule has 642 valence electrons. The lowest BCUT2D eigenvalue weighted by atomic mass is 9.85. The number of aliphatic hydroxyl groups excluding tert-OH is 2. The van der Waals surface area contributed by atoms with Crippen molar-refractivity contribution >= 4 is 77.2 Å². The van der Waals surface area contributed by atoms with Crippen LogP contribution in [-0.2, 0) is 71.7 Å². The highest BCUT2D eigenvalue weighted by Gasteiger charge is 2.49. The number of carbonyl (C=O) groups is 9. The predicted molar refractivity (Wildman–Crippen MR) is 452 cm³/mol. The summed E-state index contributed by atoms with van der Waals surface area (Å²) in [4.78, 5) is 106. The molecule has 6 aliphatic rings. The van der Waals surface area contributed by atoms with Crippen LogP contribution in [-0.4, -0.2) is 141 Å². The SMILES string of the molecule is C.C.C.CC(=O)OO.CCCC/C=C\CC1C(=O)C[C@H]2SC(O)(CCCCC)CC[C@H]12.CCCCCC(=O)CC[C@@H]1C(C/C=C\CCCC(=O)OC)C(=O)C[C@H]1S.CCCCCC(=O)CC[C@H]1C=CC(=O)C1C/C=C\CCCC(=O)OC.CCCCCC1(CC[C@@H]2C(C/C=C\CCCC(=O)OC)C(O)C[C@H]2O)OCCO1. The van der Waals surface area contributed by atoms with Gasteiger partial charge in [0.2, 0.25) is 0 Å². The number of esters is 3. The second-order valence-corrected chi connectivity index (χ2v) is 32.7. The minimum absolute atomic E-state index is 0. The Labute approximate surface area is 681 Å². The summed E-state index contributed by atoms with van der Waals surface area (Å²) < 4.78 is 25.8. The van der Waals surface area contributed by atoms with E-state index in [1.807, 2.05) is 30.4 Å². The lowest BCUT2D eigenvalue weighted by molar-refractivity contribution is -0.231. The quantitative estimate of drug-likeness (QED) is 0.00719. The Morgan fingerprint density at radius 2 is 0.964 bits per heavy atom. The Bertz CT molecular complexity index is 2700. The molecule has 0 amide bonds. The van der Waals surface area contributed by atoms with E-state index in [1.165, 1.54) is 53.4 Å². The summed E-state index contributed by atoms with van der Waals surface area (Å²) in [5.74, 6) is 0.907. The van der Waals surface area contributed by atoms with Crippen molar-refractivity contribution in [3.05, 3.63) is 60.8 Å². The van der Waals surface area contributed by atoms with Crippen molar-refractivity contribution in [3.63, 3.8) is 0 Å². The number of hydrogen-bond donors (Lipinski definition) is 5. The standard InChI is InChI=1S/C23H40O6.C21H34O4S.C21H32O4.C20H34O2S.C2H4O3.3CH4/c1-3-4-9-13-23(28-15-16-29-23)14-12-19-18(20(24)17-21(19)25)10-7-5-6-8-11-22(26)27-2;1-3-4-7-10-16(22)13-14-18-17(19(23)15-20(18)26)11-8-5-6-9-12-21(24)25-2;1-3-4-7-10-18(22)15-13-17-14-16-20(23)19(17)11-8-5-6-9-12-21(24)25-2;1-3-5-7-8-9-11-16-17-12-14-20(22,13-10-6-4-2)23-19(17)15-18(16)21;1-2(3)5-4;;;/h5,7,18-21,24-25H,3-4,6,8-17H2,1-2H3;5,8,17-18,20,26H,3-4,6-7,9-15H2,1-2H3;5,8,14,16-17,19H,3-4,6-7,9-13,15H2,1-2H3;8-9,16-17,19,22H,3-7,10-15H2,1-2H3;4H,1H3;3*1H4/b7-5-;2*8-5-;9-8-;;;;/t18?,19-,20?,21-;17?,18-,20-;17-,19?;16?,17-,19-,20?;;;;/m1101..../s1. The number of carbonyl (C=O) groups excluding carboxylic acids is 9. The van der Waals surface area contributed by atoms with Crippen LogP contribution in [0.3, 0.4) is 0 Å². The van der Waals surface area contributed by atoms with E-state index in [9.17, 15) is 58.5 Å². The molecule has 0 bridgehead atoms. The summed E-state index contributed by atoms with van der Waals surface area (Å²) in [5, 5.41) is 39.5. The van der Waals surface area contributed by atoms with Gasteiger partial charge in [-0.05, 0) is 177 Å². The largest absolute Gasteiger partial charge is 0.469 e. The molecule has 5 fully saturated rings. The Morgan fingerprint density at radius 1 is 0.523 bits per heavy atom. The zero-order chi connectivity index (χ0) is 80.0. The molecule has 0 aromatic heterocycles. The third-order valence-electron chi connectivity index (χ3n) is 22.0. The van der Waals surface area contributed by atoms with Crippen molar-refractivity contribution < 1.29 is 92.3 Å². The van der Waals surface area contributed by atoms with E-state index in [2.05, 4.69) is 90.6 Å². The first kappa shape index (κ1) is 108. The molecule has 2 heterocycles. The maximum absolute atomic E-state index is 12.4. The van der Waals surface area contributed by atoms with Crippen LogP contribution in [0, 0.1) is 47.3 Å². The molecule has 2 saturated heterocycles. The van der Waals surface area contributed by atoms with Crippen molar-refractivity contribution in [2.24, 2.45) is 47.3 Å². The van der Waals surface area contributed by atoms with Gasteiger partial charge in [0.1, 0.15) is 28.1 Å². The van der Waals surface area contributed by atoms with E-state index in [4.69, 9.17) is 14.7 Å². The molecular weight excluding hydrogens is 1450 g/mol. The average Bonchev–Trinajstić information content (AvgIpc) is 1.65. The number of allylic oxidation sites excluding steroid dienone is 10. The molecule has 21 heteroatoms. The molecule has 0 aromatic carbocycles. The number of hydrogen-bond acceptors (Lipinski definition) is 21. The van der Waals surface area contributed by atoms with Gasteiger partial charge in [-0.2, -0.15) is 17.9 Å². The lowest BCUT2D eigenvalue weighted by Gasteiger charge is -2.39. The molecule has 6 unspecified atom stereocenters. The van der Waals surface area contributed by atoms with Crippen LogP contribution in [0.25, 0.3) is 0 Å². The molecule has 0 spiro atoms. The number of ether oxygens (including phenoxy) is 5. The first-order valence-corrected chi connectivity index (χ1v) is 43.0. The highest BCUT2D eigenvalue weighted by Crippen LogP contribution is 2.53. The number of aliphatic hydroxyl groups is 3. The van der Waals surface area contributed by atoms with E-state index < -0.39 is 28.9 Å². The second-order valence-electron chi connectivity index (χ2n) is 30.4. The number of Topliss-reactive ketones (excluding diaryl/α,β-unsaturated/α-hetero) is 4. The molecule has 4 N–H and O–H groups in total. The van der Waals surface area contributed by atoms with E-state index in [1.54, 1.807) is 17.8 Å². The summed E-state index contributed by atoms with van der Waals surface area (Å²) in [5.41, 5.74) is 0. The Kier molecular flexibility index (Phi) is 64.0. The van der Waals surface area contributed by atoms with Crippen LogP contribution in [0.1, 0.15) is 340 Å². The van der Waals surface area contributed by atoms with Gasteiger partial charge >= 0.3 is 23.9 Å². The van der Waals surface area contributed by atoms with Crippen LogP contribution >= 0.6 is 24.4 Å². The highest BCUT2D eigenvalue weighted by atomic mass is 32.2. The molecule has 6 rings (SSSR count). The van der Waals surface area contributed by atoms with Crippen molar-refractivity contribution in [1.29, 1.82) is 0 Å². The fraction of sp³-hybridized carbons (Fsp3) is 0.789. The van der Waals surface area contributed by atoms with Gasteiger partial charge in [0.15, 0.2) is 11.6 Å². The minimum Gasteiger partial charge on any atom is -0.469 e. The highest BCUT2D eigenvalue weighted by molar-refractivity contribution is 8.01. The van der Waals surface area contributed by atoms with E-state index in [-0.39, 0.29) is 98.4 Å². The van der Waals surface area contributed by atoms with Gasteiger partial charge in [-0.15, -0.1) is 11.8 Å². The molecule has 0 aromatic rings. The van der Waals surface area contributed by atoms with Gasteiger partial charge < -0.3 is 43.9 Å². The van der Waals surface area contributed by atoms with Crippen LogP contribution in [0.15, 0.2) is 60.8 Å². The number of rotatable bonds is 48. The number of thiol groups is 1. The fourth-order valence-corrected chi connectivity index (χ4v) is 17.8. The van der Waals surface area contributed by atoms with Gasteiger partial charge in [0.05, 0.1) is 46.8 Å². The number of ketones is 5. The van der Waals surface area contributed by atoms with Crippen molar-refractivity contribution in [2.75, 3.05) is 34.5 Å². The van der Waals surface area contributed by atoms with Crippen molar-refractivity contribution in [2.45, 2.75) is 373 Å². The molecule has 4 aliphatic carbocycles. The Hall–Kier alpha value is -4.61. The van der Waals surface area contributed by atoms with Gasteiger partial charge in [0.25, 0.3) is 0 Å². The zero-order valence-corrected chi connectivity index (χ0v) is 69.5. The normalized spacial score (nSPS) is 24.8. The van der Waals surface area contributed by atoms with Crippen LogP contribution in [0.2, 0.25) is 0 Å². The smallest absolute Gasteiger partial charge is 0.339 e. The molecule has 0 radical (unpaired) electrons. The third kappa shape index (κ3) is 46.1. The molecule has 13 atom stereocenters. The minimum atomic E-state index is -0.690. The molecule has 111 heavy (non-hydrogen) atoms. The molecule has 19 nitrogen and oxygen atoms in total. The summed E-state index contributed by atoms with van der Waals surface area (Å²) in [7, 11) is 4.19. The van der Waals surface area contributed by atoms with Crippen LogP contribution in [0.5, 0.6) is 0 Å². The average molecular weight is 1610 g/mol. The monoisotopic (exact) mass is 1610 g/mol. The zero-order valence-electron chi connectivity index (χ0n) is 67.8. The summed E-state index contributed by atoms with van der Waals surface area (Å²) in [6, 6.07) is 0. The number of thioether (sulfide) groups is 1. The van der Waals surface area contributed by atoms with Gasteiger partial charge in [-0.3, -0.25) is 38.4 Å². The second kappa shape index (κ2) is 65.5. The van der Waals surface area contributed by atoms with E-state index in [0.717, 1.165) is 174 Å². The first-order chi connectivity index (χ1) is 51.9.